The van der Waals surface area contributed by atoms with Gasteiger partial charge in [0.1, 0.15) is 43.2 Å². The van der Waals surface area contributed by atoms with Crippen molar-refractivity contribution in [2.75, 3.05) is 13.2 Å². The van der Waals surface area contributed by atoms with Crippen LogP contribution < -0.4 is 0 Å². The number of carbonyl (C=O) groups excluding carboxylic acids is 3. The third-order valence-electron chi connectivity index (χ3n) is 12.2. The number of aliphatic hydroxyl groups excluding tert-OH is 1. The zero-order valence-electron chi connectivity index (χ0n) is 36.4. The Morgan fingerprint density at radius 1 is 0.738 bits per heavy atom. The van der Waals surface area contributed by atoms with Crippen molar-refractivity contribution in [1.29, 1.82) is 0 Å². The molecule has 0 radical (unpaired) electrons. The summed E-state index contributed by atoms with van der Waals surface area (Å²) in [6.45, 7) is 17.3. The van der Waals surface area contributed by atoms with Gasteiger partial charge in [-0.05, 0) is 67.7 Å². The van der Waals surface area contributed by atoms with Crippen LogP contribution in [0.3, 0.4) is 0 Å². The quantitative estimate of drug-likeness (QED) is 0.0932. The van der Waals surface area contributed by atoms with Crippen molar-refractivity contribution >= 4 is 26.2 Å². The van der Waals surface area contributed by atoms with Crippen molar-refractivity contribution < 1.29 is 66.5 Å². The Kier molecular flexibility index (Phi) is 14.9. The van der Waals surface area contributed by atoms with Crippen LogP contribution in [0.2, 0.25) is 18.1 Å². The van der Waals surface area contributed by atoms with E-state index in [4.69, 9.17) is 47.1 Å². The molecule has 10 atom stereocenters. The number of hydrogen-bond donors (Lipinski definition) is 1. The van der Waals surface area contributed by atoms with Crippen LogP contribution in [-0.4, -0.2) is 112 Å². The van der Waals surface area contributed by atoms with Gasteiger partial charge in [-0.3, -0.25) is 4.79 Å². The van der Waals surface area contributed by atoms with Crippen molar-refractivity contribution in [3.8, 4) is 0 Å². The van der Waals surface area contributed by atoms with Crippen LogP contribution in [0.4, 0.5) is 0 Å². The van der Waals surface area contributed by atoms with E-state index in [1.165, 1.54) is 6.92 Å². The first-order chi connectivity index (χ1) is 28.9. The molecule has 332 valence electrons. The van der Waals surface area contributed by atoms with Crippen LogP contribution in [0.25, 0.3) is 0 Å². The van der Waals surface area contributed by atoms with Crippen LogP contribution in [-0.2, 0) is 58.5 Å². The van der Waals surface area contributed by atoms with E-state index in [9.17, 15) is 19.5 Å². The van der Waals surface area contributed by atoms with Crippen molar-refractivity contribution in [3.05, 3.63) is 108 Å². The molecule has 3 saturated heterocycles. The van der Waals surface area contributed by atoms with Gasteiger partial charge in [0.15, 0.2) is 38.9 Å². The summed E-state index contributed by atoms with van der Waals surface area (Å²) in [5.74, 6) is -2.89. The summed E-state index contributed by atoms with van der Waals surface area (Å²) in [6.07, 6.45) is -12.3. The van der Waals surface area contributed by atoms with Gasteiger partial charge in [0, 0.05) is 6.92 Å². The highest BCUT2D eigenvalue weighted by Gasteiger charge is 2.59. The SMILES string of the molecule is CC(=O)OC[C@H]1O[C@@H](O[C@H]2[C@H](OC(=O)c3ccccc3)[C@@H](OC(=O)c3ccccc3)[C@H](OCc3ccccc3)O[C@@H]2CO[Si](C)(C)C(C)(C)C(C)C)[C@H](O)[C@H]2OC(C)(C)O[C@H]21. The number of aliphatic hydroxyl groups is 1. The average molecular weight is 865 g/mol. The smallest absolute Gasteiger partial charge is 0.338 e. The molecule has 0 aromatic heterocycles. The van der Waals surface area contributed by atoms with Gasteiger partial charge in [-0.2, -0.15) is 0 Å². The number of rotatable bonds is 16. The molecule has 0 spiro atoms. The lowest BCUT2D eigenvalue weighted by atomic mass is 9.96. The molecule has 0 amide bonds. The maximum absolute atomic E-state index is 14.2. The lowest BCUT2D eigenvalue weighted by Gasteiger charge is -2.49. The Morgan fingerprint density at radius 3 is 1.82 bits per heavy atom. The molecule has 0 saturated carbocycles. The molecular weight excluding hydrogens is 805 g/mol. The molecule has 14 nitrogen and oxygen atoms in total. The van der Waals surface area contributed by atoms with Crippen LogP contribution in [0, 0.1) is 5.92 Å². The minimum absolute atomic E-state index is 0.0441. The molecule has 3 aromatic rings. The molecule has 0 bridgehead atoms. The molecule has 3 aliphatic heterocycles. The van der Waals surface area contributed by atoms with Gasteiger partial charge < -0.3 is 52.2 Å². The molecule has 15 heteroatoms. The number of fused-ring (bicyclic) bond motifs is 1. The van der Waals surface area contributed by atoms with Gasteiger partial charge in [-0.15, -0.1) is 0 Å². The highest BCUT2D eigenvalue weighted by molar-refractivity contribution is 6.74. The molecule has 0 aliphatic carbocycles. The summed E-state index contributed by atoms with van der Waals surface area (Å²) < 4.78 is 63.6. The number of hydrogen-bond acceptors (Lipinski definition) is 14. The van der Waals surface area contributed by atoms with E-state index in [0.29, 0.717) is 0 Å². The summed E-state index contributed by atoms with van der Waals surface area (Å²) >= 11 is 0. The van der Waals surface area contributed by atoms with Crippen molar-refractivity contribution in [3.63, 3.8) is 0 Å². The van der Waals surface area contributed by atoms with Crippen LogP contribution in [0.1, 0.15) is 74.7 Å². The van der Waals surface area contributed by atoms with Crippen LogP contribution in [0.15, 0.2) is 91.0 Å². The molecular formula is C46H60O14Si. The molecule has 3 heterocycles. The molecule has 0 unspecified atom stereocenters. The topological polar surface area (TPSA) is 164 Å². The number of carbonyl (C=O) groups is 3. The van der Waals surface area contributed by atoms with E-state index < -0.39 is 93.4 Å². The van der Waals surface area contributed by atoms with E-state index in [1.54, 1.807) is 74.5 Å². The Morgan fingerprint density at radius 2 is 1.26 bits per heavy atom. The summed E-state index contributed by atoms with van der Waals surface area (Å²) in [5, 5.41) is 11.7. The Hall–Kier alpha value is -4.03. The first-order valence-electron chi connectivity index (χ1n) is 20.8. The lowest BCUT2D eigenvalue weighted by Crippen LogP contribution is -2.66. The molecule has 61 heavy (non-hydrogen) atoms. The number of ether oxygens (including phenoxy) is 9. The van der Waals surface area contributed by atoms with Gasteiger partial charge in [-0.1, -0.05) is 94.4 Å². The van der Waals surface area contributed by atoms with E-state index in [-0.39, 0.29) is 41.9 Å². The monoisotopic (exact) mass is 864 g/mol. The molecule has 1 N–H and O–H groups in total. The maximum atomic E-state index is 14.2. The third kappa shape index (κ3) is 11.1. The van der Waals surface area contributed by atoms with E-state index >= 15 is 0 Å². The minimum atomic E-state index is -2.56. The van der Waals surface area contributed by atoms with Crippen LogP contribution >= 0.6 is 0 Å². The first kappa shape index (κ1) is 46.5. The summed E-state index contributed by atoms with van der Waals surface area (Å²) in [4.78, 5) is 40.1. The van der Waals surface area contributed by atoms with Gasteiger partial charge in [-0.25, -0.2) is 9.59 Å². The van der Waals surface area contributed by atoms with Crippen LogP contribution in [0.5, 0.6) is 0 Å². The Labute approximate surface area is 359 Å². The summed E-state index contributed by atoms with van der Waals surface area (Å²) in [7, 11) is -2.56. The largest absolute Gasteiger partial charge is 0.463 e. The van der Waals surface area contributed by atoms with E-state index in [0.717, 1.165) is 5.56 Å². The fourth-order valence-corrected chi connectivity index (χ4v) is 9.82. The normalized spacial score (nSPS) is 28.8. The Bertz CT molecular complexity index is 1910. The maximum Gasteiger partial charge on any atom is 0.338 e. The van der Waals surface area contributed by atoms with Gasteiger partial charge in [0.2, 0.25) is 0 Å². The highest BCUT2D eigenvalue weighted by atomic mass is 28.4. The second-order valence-electron chi connectivity index (χ2n) is 17.5. The highest BCUT2D eigenvalue weighted by Crippen LogP contribution is 2.45. The van der Waals surface area contributed by atoms with Gasteiger partial charge in [0.25, 0.3) is 0 Å². The second kappa shape index (κ2) is 19.6. The molecule has 3 aromatic carbocycles. The lowest BCUT2D eigenvalue weighted by molar-refractivity contribution is -0.352. The summed E-state index contributed by atoms with van der Waals surface area (Å²) in [6, 6.07) is 26.1. The Balaban J connectivity index is 1.44. The predicted octanol–water partition coefficient (Wildman–Crippen LogP) is 6.59. The zero-order chi connectivity index (χ0) is 44.1. The van der Waals surface area contributed by atoms with E-state index in [1.807, 2.05) is 30.3 Å². The van der Waals surface area contributed by atoms with Gasteiger partial charge in [0.05, 0.1) is 24.3 Å². The van der Waals surface area contributed by atoms with Gasteiger partial charge >= 0.3 is 17.9 Å². The standard InChI is InChI=1S/C46H60O14Si/c1-28(2)45(4,5)61(8,9)53-27-34-36(58-43-35(48)38-37(59-46(6,7)60-38)33(54-43)26-51-29(3)47)39(56-41(49)31-21-15-11-16-22-31)40(57-42(50)32-23-17-12-18-24-32)44(55-34)52-25-30-19-13-10-14-20-30/h10-24,28,33-40,43-44,48H,25-27H2,1-9H3/t33-,34-,35-,36-,37+,38-,39+,40-,43+,44-/m1/s1. The number of esters is 3. The van der Waals surface area contributed by atoms with Crippen molar-refractivity contribution in [1.82, 2.24) is 0 Å². The summed E-state index contributed by atoms with van der Waals surface area (Å²) in [5.41, 5.74) is 1.26. The average Bonchev–Trinajstić information content (AvgIpc) is 3.57. The first-order valence-corrected chi connectivity index (χ1v) is 23.7. The van der Waals surface area contributed by atoms with E-state index in [2.05, 4.69) is 40.8 Å². The molecule has 6 rings (SSSR count). The predicted molar refractivity (Wildman–Crippen MR) is 223 cm³/mol. The van der Waals surface area contributed by atoms with Crippen molar-refractivity contribution in [2.45, 2.75) is 140 Å². The van der Waals surface area contributed by atoms with Crippen molar-refractivity contribution in [2.24, 2.45) is 5.92 Å². The fourth-order valence-electron chi connectivity index (χ4n) is 7.48. The third-order valence-corrected chi connectivity index (χ3v) is 16.7. The number of benzene rings is 3. The minimum Gasteiger partial charge on any atom is -0.463 e. The fraction of sp³-hybridized carbons (Fsp3) is 0.543. The second-order valence-corrected chi connectivity index (χ2v) is 22.1. The molecule has 3 fully saturated rings. The zero-order valence-corrected chi connectivity index (χ0v) is 37.4. The molecule has 3 aliphatic rings.